The minimum absolute atomic E-state index is 0.359. The van der Waals surface area contributed by atoms with Crippen molar-refractivity contribution in [2.24, 2.45) is 0 Å². The molecule has 0 radical (unpaired) electrons. The normalized spacial score (nSPS) is 9.40. The van der Waals surface area contributed by atoms with Crippen molar-refractivity contribution in [1.29, 1.82) is 0 Å². The largest absolute Gasteiger partial charge is 0.467 e. The number of ether oxygens (including phenoxy) is 1. The smallest absolute Gasteiger partial charge is 0.316 e. The van der Waals surface area contributed by atoms with Crippen LogP contribution in [0.2, 0.25) is 0 Å². The van der Waals surface area contributed by atoms with Gasteiger partial charge in [0.1, 0.15) is 0 Å². The highest BCUT2D eigenvalue weighted by Gasteiger charge is 1.94. The molecule has 0 bridgehead atoms. The van der Waals surface area contributed by atoms with Crippen LogP contribution >= 0.6 is 11.6 Å². The van der Waals surface area contributed by atoms with Crippen LogP contribution in [0.5, 0.6) is 6.01 Å². The number of hydrogen-bond donors (Lipinski definition) is 0. The third kappa shape index (κ3) is 1.57. The predicted octanol–water partition coefficient (Wildman–Crippen LogP) is 1.22. The molecule has 0 N–H and O–H groups in total. The minimum atomic E-state index is 0.359. The van der Waals surface area contributed by atoms with Crippen molar-refractivity contribution in [3.05, 3.63) is 18.0 Å². The predicted molar refractivity (Wildman–Crippen MR) is 38.1 cm³/mol. The fraction of sp³-hybridized carbons (Fsp3) is 0.333. The van der Waals surface area contributed by atoms with Crippen LogP contribution in [-0.4, -0.2) is 17.1 Å². The maximum Gasteiger partial charge on any atom is 0.316 e. The molecule has 1 aromatic rings. The molecular formula is C6H7ClN2O. The lowest BCUT2D eigenvalue weighted by atomic mass is 10.5. The van der Waals surface area contributed by atoms with Crippen LogP contribution in [0.3, 0.4) is 0 Å². The highest BCUT2D eigenvalue weighted by molar-refractivity contribution is 6.16. The molecule has 0 atom stereocenters. The van der Waals surface area contributed by atoms with Crippen molar-refractivity contribution in [2.75, 3.05) is 7.11 Å². The third-order valence-corrected chi connectivity index (χ3v) is 1.28. The molecule has 0 unspecified atom stereocenters. The van der Waals surface area contributed by atoms with E-state index in [-0.39, 0.29) is 0 Å². The molecule has 1 rings (SSSR count). The molecule has 0 aliphatic rings. The number of rotatable bonds is 2. The molecule has 0 amide bonds. The lowest BCUT2D eigenvalue weighted by Gasteiger charge is -1.96. The second-order valence-electron chi connectivity index (χ2n) is 1.67. The van der Waals surface area contributed by atoms with E-state index in [0.717, 1.165) is 5.69 Å². The average Bonchev–Trinajstić information content (AvgIpc) is 2.05. The van der Waals surface area contributed by atoms with Gasteiger partial charge in [-0.1, -0.05) is 0 Å². The minimum Gasteiger partial charge on any atom is -0.467 e. The molecule has 4 heteroatoms. The first-order chi connectivity index (χ1) is 4.86. The number of methoxy groups -OCH3 is 1. The zero-order valence-corrected chi connectivity index (χ0v) is 6.30. The summed E-state index contributed by atoms with van der Waals surface area (Å²) >= 11 is 5.51. The van der Waals surface area contributed by atoms with Gasteiger partial charge in [0.15, 0.2) is 0 Å². The standard InChI is InChI=1S/C6H7ClN2O/c1-10-6-8-3-2-5(4-7)9-6/h2-3H,4H2,1H3. The van der Waals surface area contributed by atoms with Crippen LogP contribution in [0, 0.1) is 0 Å². The Labute approximate surface area is 64.0 Å². The number of aromatic nitrogens is 2. The van der Waals surface area contributed by atoms with E-state index >= 15 is 0 Å². The summed E-state index contributed by atoms with van der Waals surface area (Å²) in [6.45, 7) is 0. The van der Waals surface area contributed by atoms with Crippen LogP contribution in [0.25, 0.3) is 0 Å². The zero-order chi connectivity index (χ0) is 7.40. The third-order valence-electron chi connectivity index (χ3n) is 1.01. The van der Waals surface area contributed by atoms with Crippen LogP contribution in [0.15, 0.2) is 12.3 Å². The number of nitrogens with zero attached hydrogens (tertiary/aromatic N) is 2. The first kappa shape index (κ1) is 7.28. The summed E-state index contributed by atoms with van der Waals surface area (Å²) in [4.78, 5) is 7.76. The first-order valence-electron chi connectivity index (χ1n) is 2.78. The van der Waals surface area contributed by atoms with Gasteiger partial charge in [0, 0.05) is 6.20 Å². The quantitative estimate of drug-likeness (QED) is 0.608. The highest BCUT2D eigenvalue weighted by atomic mass is 35.5. The molecule has 10 heavy (non-hydrogen) atoms. The van der Waals surface area contributed by atoms with E-state index in [2.05, 4.69) is 9.97 Å². The number of hydrogen-bond acceptors (Lipinski definition) is 3. The monoisotopic (exact) mass is 158 g/mol. The summed E-state index contributed by atoms with van der Waals surface area (Å²) in [5, 5.41) is 0. The molecule has 0 aliphatic heterocycles. The average molecular weight is 159 g/mol. The van der Waals surface area contributed by atoms with E-state index < -0.39 is 0 Å². The summed E-state index contributed by atoms with van der Waals surface area (Å²) in [5.41, 5.74) is 0.772. The summed E-state index contributed by atoms with van der Waals surface area (Å²) in [7, 11) is 1.52. The molecular weight excluding hydrogens is 152 g/mol. The van der Waals surface area contributed by atoms with Crippen LogP contribution < -0.4 is 4.74 Å². The van der Waals surface area contributed by atoms with Gasteiger partial charge < -0.3 is 4.74 Å². The van der Waals surface area contributed by atoms with Crippen molar-refractivity contribution >= 4 is 11.6 Å². The van der Waals surface area contributed by atoms with Crippen molar-refractivity contribution in [1.82, 2.24) is 9.97 Å². The zero-order valence-electron chi connectivity index (χ0n) is 5.54. The van der Waals surface area contributed by atoms with Crippen molar-refractivity contribution < 1.29 is 4.74 Å². The molecule has 0 saturated carbocycles. The first-order valence-corrected chi connectivity index (χ1v) is 3.32. The highest BCUT2D eigenvalue weighted by Crippen LogP contribution is 2.03. The second-order valence-corrected chi connectivity index (χ2v) is 1.94. The van der Waals surface area contributed by atoms with E-state index in [0.29, 0.717) is 11.9 Å². The van der Waals surface area contributed by atoms with Gasteiger partial charge in [-0.05, 0) is 6.07 Å². The lowest BCUT2D eigenvalue weighted by Crippen LogP contribution is -1.93. The SMILES string of the molecule is COc1nccc(CCl)n1. The summed E-state index contributed by atoms with van der Waals surface area (Å²) < 4.78 is 4.78. The summed E-state index contributed by atoms with van der Waals surface area (Å²) in [6, 6.07) is 2.10. The molecule has 0 aromatic carbocycles. The van der Waals surface area contributed by atoms with Gasteiger partial charge in [0.25, 0.3) is 0 Å². The topological polar surface area (TPSA) is 35.0 Å². The molecule has 1 aromatic heterocycles. The van der Waals surface area contributed by atoms with Crippen LogP contribution in [0.4, 0.5) is 0 Å². The molecule has 3 nitrogen and oxygen atoms in total. The molecule has 54 valence electrons. The molecule has 0 aliphatic carbocycles. The van der Waals surface area contributed by atoms with Crippen LogP contribution in [-0.2, 0) is 5.88 Å². The molecule has 0 fully saturated rings. The van der Waals surface area contributed by atoms with Crippen molar-refractivity contribution in [3.8, 4) is 6.01 Å². The lowest BCUT2D eigenvalue weighted by molar-refractivity contribution is 0.378. The van der Waals surface area contributed by atoms with E-state index in [1.54, 1.807) is 12.3 Å². The maximum absolute atomic E-state index is 5.51. The summed E-state index contributed by atoms with van der Waals surface area (Å²) in [5.74, 6) is 0.388. The van der Waals surface area contributed by atoms with Crippen molar-refractivity contribution in [2.45, 2.75) is 5.88 Å². The summed E-state index contributed by atoms with van der Waals surface area (Å²) in [6.07, 6.45) is 1.61. The number of alkyl halides is 1. The Morgan fingerprint density at radius 2 is 2.50 bits per heavy atom. The van der Waals surface area contributed by atoms with E-state index in [4.69, 9.17) is 16.3 Å². The fourth-order valence-electron chi connectivity index (χ4n) is 0.549. The van der Waals surface area contributed by atoms with Gasteiger partial charge >= 0.3 is 6.01 Å². The molecule has 0 saturated heterocycles. The van der Waals surface area contributed by atoms with E-state index in [1.807, 2.05) is 0 Å². The van der Waals surface area contributed by atoms with Gasteiger partial charge in [0.2, 0.25) is 0 Å². The van der Waals surface area contributed by atoms with Gasteiger partial charge in [-0.15, -0.1) is 11.6 Å². The van der Waals surface area contributed by atoms with E-state index in [9.17, 15) is 0 Å². The molecule has 1 heterocycles. The molecule has 0 spiro atoms. The maximum atomic E-state index is 5.51. The Balaban J connectivity index is 2.87. The van der Waals surface area contributed by atoms with Crippen molar-refractivity contribution in [3.63, 3.8) is 0 Å². The van der Waals surface area contributed by atoms with Gasteiger partial charge in [-0.2, -0.15) is 4.98 Å². The Kier molecular flexibility index (Phi) is 2.45. The van der Waals surface area contributed by atoms with Gasteiger partial charge in [0.05, 0.1) is 18.7 Å². The Hall–Kier alpha value is -0.830. The Morgan fingerprint density at radius 1 is 1.70 bits per heavy atom. The number of halogens is 1. The van der Waals surface area contributed by atoms with Gasteiger partial charge in [-0.25, -0.2) is 4.98 Å². The Bertz CT molecular complexity index is 197. The second kappa shape index (κ2) is 3.37. The van der Waals surface area contributed by atoms with E-state index in [1.165, 1.54) is 7.11 Å². The fourth-order valence-corrected chi connectivity index (χ4v) is 0.698. The van der Waals surface area contributed by atoms with Crippen LogP contribution in [0.1, 0.15) is 5.69 Å². The Morgan fingerprint density at radius 3 is 3.10 bits per heavy atom. The van der Waals surface area contributed by atoms with Gasteiger partial charge in [-0.3, -0.25) is 0 Å².